The lowest BCUT2D eigenvalue weighted by atomic mass is 10.1. The van der Waals surface area contributed by atoms with Crippen molar-refractivity contribution in [2.24, 2.45) is 0 Å². The Labute approximate surface area is 129 Å². The molecule has 1 amide bonds. The Kier molecular flexibility index (Phi) is 4.85. The van der Waals surface area contributed by atoms with E-state index in [0.29, 0.717) is 11.3 Å². The highest BCUT2D eigenvalue weighted by atomic mass is 32.1. The van der Waals surface area contributed by atoms with Gasteiger partial charge in [-0.05, 0) is 36.1 Å². The molecule has 0 fully saturated rings. The minimum absolute atomic E-state index is 0.0329. The number of nitrogens with two attached hydrogens (primary N) is 1. The molecule has 0 saturated carbocycles. The first-order chi connectivity index (χ1) is 9.99. The molecule has 1 aromatic carbocycles. The van der Waals surface area contributed by atoms with Gasteiger partial charge in [0.1, 0.15) is 0 Å². The number of benzene rings is 1. The number of anilines is 2. The van der Waals surface area contributed by atoms with Crippen molar-refractivity contribution in [1.29, 1.82) is 0 Å². The highest BCUT2D eigenvalue weighted by Gasteiger charge is 2.12. The van der Waals surface area contributed by atoms with E-state index in [0.717, 1.165) is 18.7 Å². The van der Waals surface area contributed by atoms with Crippen LogP contribution in [0.2, 0.25) is 0 Å². The van der Waals surface area contributed by atoms with E-state index < -0.39 is 0 Å². The number of carbonyl (C=O) groups excluding carboxylic acids is 1. The maximum Gasteiger partial charge on any atom is 0.253 e. The normalized spacial score (nSPS) is 10.4. The van der Waals surface area contributed by atoms with Gasteiger partial charge >= 0.3 is 0 Å². The summed E-state index contributed by atoms with van der Waals surface area (Å²) in [6.07, 6.45) is 0.992. The van der Waals surface area contributed by atoms with E-state index >= 15 is 0 Å². The van der Waals surface area contributed by atoms with Gasteiger partial charge in [-0.2, -0.15) is 0 Å². The average molecular weight is 303 g/mol. The summed E-state index contributed by atoms with van der Waals surface area (Å²) in [5, 5.41) is 2.09. The van der Waals surface area contributed by atoms with Crippen molar-refractivity contribution in [2.45, 2.75) is 6.42 Å². The Hall–Kier alpha value is -2.01. The van der Waals surface area contributed by atoms with Crippen LogP contribution < -0.4 is 10.6 Å². The topological polar surface area (TPSA) is 49.6 Å². The second-order valence-electron chi connectivity index (χ2n) is 5.22. The summed E-state index contributed by atoms with van der Waals surface area (Å²) in [6, 6.07) is 9.70. The maximum atomic E-state index is 11.9. The van der Waals surface area contributed by atoms with Crippen LogP contribution in [-0.4, -0.2) is 38.5 Å². The van der Waals surface area contributed by atoms with Crippen LogP contribution in [0.3, 0.4) is 0 Å². The summed E-state index contributed by atoms with van der Waals surface area (Å²) >= 11 is 1.77. The third-order valence-electron chi connectivity index (χ3n) is 3.37. The van der Waals surface area contributed by atoms with Crippen LogP contribution in [0.1, 0.15) is 15.2 Å². The van der Waals surface area contributed by atoms with Gasteiger partial charge in [-0.25, -0.2) is 0 Å². The Morgan fingerprint density at radius 2 is 2.00 bits per heavy atom. The molecule has 0 aliphatic heterocycles. The number of rotatable bonds is 5. The van der Waals surface area contributed by atoms with Crippen molar-refractivity contribution in [3.8, 4) is 0 Å². The van der Waals surface area contributed by atoms with Gasteiger partial charge in [-0.3, -0.25) is 4.79 Å². The molecule has 112 valence electrons. The third-order valence-corrected chi connectivity index (χ3v) is 4.30. The Morgan fingerprint density at radius 1 is 1.24 bits per heavy atom. The van der Waals surface area contributed by atoms with Crippen LogP contribution in [0, 0.1) is 0 Å². The smallest absolute Gasteiger partial charge is 0.253 e. The summed E-state index contributed by atoms with van der Waals surface area (Å²) in [6.45, 7) is 0.895. The lowest BCUT2D eigenvalue weighted by molar-refractivity contribution is 0.0827. The average Bonchev–Trinajstić information content (AvgIpc) is 2.97. The first-order valence-corrected chi connectivity index (χ1v) is 7.71. The number of likely N-dealkylation sites (N-methyl/N-ethyl adjacent to an activating group) is 1. The number of hydrogen-bond acceptors (Lipinski definition) is 4. The fraction of sp³-hybridized carbons (Fsp3) is 0.312. The fourth-order valence-corrected chi connectivity index (χ4v) is 2.84. The van der Waals surface area contributed by atoms with Crippen molar-refractivity contribution in [3.63, 3.8) is 0 Å². The van der Waals surface area contributed by atoms with E-state index in [1.807, 2.05) is 19.2 Å². The Balaban J connectivity index is 2.07. The van der Waals surface area contributed by atoms with E-state index in [4.69, 9.17) is 5.73 Å². The van der Waals surface area contributed by atoms with E-state index in [9.17, 15) is 4.79 Å². The van der Waals surface area contributed by atoms with Gasteiger partial charge in [0.2, 0.25) is 0 Å². The van der Waals surface area contributed by atoms with Crippen molar-refractivity contribution < 1.29 is 4.79 Å². The van der Waals surface area contributed by atoms with Crippen LogP contribution >= 0.6 is 11.3 Å². The number of amides is 1. The van der Waals surface area contributed by atoms with Crippen LogP contribution in [0.4, 0.5) is 11.4 Å². The minimum Gasteiger partial charge on any atom is -0.397 e. The molecule has 0 spiro atoms. The second kappa shape index (κ2) is 6.63. The Bertz CT molecular complexity index is 608. The zero-order valence-electron chi connectivity index (χ0n) is 12.7. The minimum atomic E-state index is -0.0329. The molecular formula is C16H21N3OS. The predicted octanol–water partition coefficient (Wildman–Crippen LogP) is 2.71. The zero-order valence-corrected chi connectivity index (χ0v) is 13.5. The fourth-order valence-electron chi connectivity index (χ4n) is 2.15. The molecule has 0 aliphatic rings. The van der Waals surface area contributed by atoms with Gasteiger partial charge < -0.3 is 15.5 Å². The van der Waals surface area contributed by atoms with Crippen molar-refractivity contribution in [3.05, 3.63) is 46.2 Å². The number of nitrogen functional groups attached to an aromatic ring is 1. The summed E-state index contributed by atoms with van der Waals surface area (Å²) in [5.74, 6) is -0.0329. The maximum absolute atomic E-state index is 11.9. The monoisotopic (exact) mass is 303 g/mol. The lowest BCUT2D eigenvalue weighted by Gasteiger charge is -2.21. The summed E-state index contributed by atoms with van der Waals surface area (Å²) in [4.78, 5) is 17.0. The molecule has 2 N–H and O–H groups in total. The molecule has 0 unspecified atom stereocenters. The molecule has 21 heavy (non-hydrogen) atoms. The van der Waals surface area contributed by atoms with Gasteiger partial charge in [0.25, 0.3) is 5.91 Å². The molecule has 2 rings (SSSR count). The molecule has 1 aromatic heterocycles. The van der Waals surface area contributed by atoms with Crippen LogP contribution in [0.25, 0.3) is 0 Å². The summed E-state index contributed by atoms with van der Waals surface area (Å²) in [5.41, 5.74) is 8.31. The van der Waals surface area contributed by atoms with E-state index in [1.54, 1.807) is 36.4 Å². The first kappa shape index (κ1) is 15.4. The van der Waals surface area contributed by atoms with E-state index in [1.165, 1.54) is 4.88 Å². The van der Waals surface area contributed by atoms with Gasteiger partial charge in [0, 0.05) is 38.1 Å². The molecule has 0 atom stereocenters. The molecule has 0 aliphatic carbocycles. The predicted molar refractivity (Wildman–Crippen MR) is 90.2 cm³/mol. The molecule has 1 heterocycles. The highest BCUT2D eigenvalue weighted by Crippen LogP contribution is 2.24. The second-order valence-corrected chi connectivity index (χ2v) is 6.26. The number of hydrogen-bond donors (Lipinski definition) is 1. The van der Waals surface area contributed by atoms with Crippen LogP contribution in [-0.2, 0) is 6.42 Å². The third kappa shape index (κ3) is 3.76. The molecule has 2 aromatic rings. The summed E-state index contributed by atoms with van der Waals surface area (Å²) in [7, 11) is 5.49. The van der Waals surface area contributed by atoms with Gasteiger partial charge in [-0.1, -0.05) is 6.07 Å². The number of thiophene rings is 1. The highest BCUT2D eigenvalue weighted by molar-refractivity contribution is 7.09. The van der Waals surface area contributed by atoms with Gasteiger partial charge in [0.15, 0.2) is 0 Å². The lowest BCUT2D eigenvalue weighted by Crippen LogP contribution is -2.23. The molecule has 5 heteroatoms. The van der Waals surface area contributed by atoms with Crippen molar-refractivity contribution in [1.82, 2.24) is 4.90 Å². The van der Waals surface area contributed by atoms with E-state index in [-0.39, 0.29) is 5.91 Å². The first-order valence-electron chi connectivity index (χ1n) is 6.83. The quantitative estimate of drug-likeness (QED) is 0.864. The molecule has 0 radical (unpaired) electrons. The Morgan fingerprint density at radius 3 is 2.57 bits per heavy atom. The number of carbonyl (C=O) groups is 1. The van der Waals surface area contributed by atoms with Crippen molar-refractivity contribution >= 4 is 28.6 Å². The molecular weight excluding hydrogens is 282 g/mol. The van der Waals surface area contributed by atoms with Crippen LogP contribution in [0.5, 0.6) is 0 Å². The zero-order chi connectivity index (χ0) is 15.4. The van der Waals surface area contributed by atoms with Crippen molar-refractivity contribution in [2.75, 3.05) is 38.3 Å². The molecule has 0 bridgehead atoms. The SMILES string of the molecule is CN(C)C(=O)c1ccc(N(C)CCc2cccs2)c(N)c1. The standard InChI is InChI=1S/C16H21N3OS/c1-18(2)16(20)12-6-7-15(14(17)11-12)19(3)9-8-13-5-4-10-21-13/h4-7,10-11H,8-9,17H2,1-3H3. The number of nitrogens with zero attached hydrogens (tertiary/aromatic N) is 2. The molecule has 4 nitrogen and oxygen atoms in total. The summed E-state index contributed by atoms with van der Waals surface area (Å²) < 4.78 is 0. The van der Waals surface area contributed by atoms with Gasteiger partial charge in [0.05, 0.1) is 11.4 Å². The van der Waals surface area contributed by atoms with E-state index in [2.05, 4.69) is 22.4 Å². The largest absolute Gasteiger partial charge is 0.397 e. The van der Waals surface area contributed by atoms with Gasteiger partial charge in [-0.15, -0.1) is 11.3 Å². The molecule has 0 saturated heterocycles. The van der Waals surface area contributed by atoms with Crippen LogP contribution in [0.15, 0.2) is 35.7 Å².